The van der Waals surface area contributed by atoms with E-state index in [0.29, 0.717) is 18.7 Å². The van der Waals surface area contributed by atoms with E-state index in [9.17, 15) is 8.42 Å². The highest BCUT2D eigenvalue weighted by Crippen LogP contribution is 2.12. The predicted molar refractivity (Wildman–Crippen MR) is 72.9 cm³/mol. The summed E-state index contributed by atoms with van der Waals surface area (Å²) in [5, 5.41) is 0. The van der Waals surface area contributed by atoms with Gasteiger partial charge >= 0.3 is 0 Å². The van der Waals surface area contributed by atoms with Crippen molar-refractivity contribution in [2.24, 2.45) is 0 Å². The fourth-order valence-corrected chi connectivity index (χ4v) is 2.78. The van der Waals surface area contributed by atoms with Crippen molar-refractivity contribution in [1.82, 2.24) is 14.3 Å². The van der Waals surface area contributed by atoms with Gasteiger partial charge in [-0.15, -0.1) is 0 Å². The van der Waals surface area contributed by atoms with E-state index in [4.69, 9.17) is 5.73 Å². The van der Waals surface area contributed by atoms with E-state index in [0.717, 1.165) is 6.54 Å². The Labute approximate surface area is 112 Å². The summed E-state index contributed by atoms with van der Waals surface area (Å²) in [5.41, 5.74) is 6.00. The Balaban J connectivity index is 1.88. The summed E-state index contributed by atoms with van der Waals surface area (Å²) in [7, 11) is -3.48. The smallest absolute Gasteiger partial charge is 0.240 e. The average molecular weight is 280 g/mol. The first-order chi connectivity index (χ1) is 9.08. The number of hydrogen-bond donors (Lipinski definition) is 2. The van der Waals surface area contributed by atoms with E-state index in [1.54, 1.807) is 24.7 Å². The molecule has 0 aliphatic heterocycles. The highest BCUT2D eigenvalue weighted by atomic mass is 32.2. The van der Waals surface area contributed by atoms with Crippen molar-refractivity contribution in [2.45, 2.75) is 17.9 Å². The number of anilines is 1. The Kier molecular flexibility index (Phi) is 4.18. The fraction of sp³-hybridized carbons (Fsp3) is 0.250. The first-order valence-electron chi connectivity index (χ1n) is 5.89. The molecule has 0 unspecified atom stereocenters. The van der Waals surface area contributed by atoms with Gasteiger partial charge in [0.25, 0.3) is 0 Å². The molecular formula is C12H16N4O2S. The number of aromatic nitrogens is 2. The monoisotopic (exact) mass is 280 g/mol. The number of sulfonamides is 1. The maximum atomic E-state index is 12.0. The van der Waals surface area contributed by atoms with Crippen LogP contribution in [0, 0.1) is 0 Å². The lowest BCUT2D eigenvalue weighted by Crippen LogP contribution is -2.25. The molecule has 0 amide bonds. The zero-order valence-corrected chi connectivity index (χ0v) is 11.2. The lowest BCUT2D eigenvalue weighted by atomic mass is 10.3. The summed E-state index contributed by atoms with van der Waals surface area (Å²) in [6.45, 7) is 1.09. The minimum absolute atomic E-state index is 0.190. The Bertz CT molecular complexity index is 623. The van der Waals surface area contributed by atoms with Crippen molar-refractivity contribution in [2.75, 3.05) is 12.3 Å². The quantitative estimate of drug-likeness (QED) is 0.606. The fourth-order valence-electron chi connectivity index (χ4n) is 1.65. The molecule has 0 saturated carbocycles. The first-order valence-corrected chi connectivity index (χ1v) is 7.37. The van der Waals surface area contributed by atoms with Gasteiger partial charge in [0.15, 0.2) is 0 Å². The molecule has 0 spiro atoms. The van der Waals surface area contributed by atoms with E-state index in [1.807, 2.05) is 10.8 Å². The summed E-state index contributed by atoms with van der Waals surface area (Å²) < 4.78 is 28.4. The van der Waals surface area contributed by atoms with Crippen molar-refractivity contribution in [3.63, 3.8) is 0 Å². The molecule has 0 fully saturated rings. The van der Waals surface area contributed by atoms with E-state index in [-0.39, 0.29) is 4.90 Å². The number of nitrogens with two attached hydrogens (primary N) is 1. The summed E-state index contributed by atoms with van der Waals surface area (Å²) in [6.07, 6.45) is 5.92. The molecule has 0 aliphatic carbocycles. The molecule has 0 aliphatic rings. The van der Waals surface area contributed by atoms with Crippen LogP contribution in [-0.4, -0.2) is 24.5 Å². The van der Waals surface area contributed by atoms with E-state index in [2.05, 4.69) is 9.71 Å². The van der Waals surface area contributed by atoms with Crippen LogP contribution in [0.3, 0.4) is 0 Å². The Morgan fingerprint density at radius 3 is 2.89 bits per heavy atom. The molecule has 0 saturated heterocycles. The second kappa shape index (κ2) is 5.85. The summed E-state index contributed by atoms with van der Waals surface area (Å²) >= 11 is 0. The molecule has 102 valence electrons. The number of nitrogens with zero attached hydrogens (tertiary/aromatic N) is 2. The van der Waals surface area contributed by atoms with Crippen molar-refractivity contribution in [1.29, 1.82) is 0 Å². The van der Waals surface area contributed by atoms with Crippen LogP contribution in [0.4, 0.5) is 5.69 Å². The van der Waals surface area contributed by atoms with Gasteiger partial charge < -0.3 is 10.3 Å². The van der Waals surface area contributed by atoms with Gasteiger partial charge in [0.05, 0.1) is 11.2 Å². The van der Waals surface area contributed by atoms with Gasteiger partial charge in [0.2, 0.25) is 10.0 Å². The van der Waals surface area contributed by atoms with Gasteiger partial charge in [-0.2, -0.15) is 0 Å². The number of aryl methyl sites for hydroxylation is 1. The number of rotatable bonds is 6. The third-order valence-electron chi connectivity index (χ3n) is 2.61. The molecule has 2 aromatic rings. The van der Waals surface area contributed by atoms with Crippen LogP contribution in [-0.2, 0) is 16.6 Å². The van der Waals surface area contributed by atoms with Gasteiger partial charge in [-0.25, -0.2) is 18.1 Å². The number of benzene rings is 1. The maximum Gasteiger partial charge on any atom is 0.240 e. The summed E-state index contributed by atoms with van der Waals surface area (Å²) in [5.74, 6) is 0. The van der Waals surface area contributed by atoms with Crippen molar-refractivity contribution in [3.05, 3.63) is 43.0 Å². The van der Waals surface area contributed by atoms with E-state index < -0.39 is 10.0 Å². The van der Waals surface area contributed by atoms with E-state index >= 15 is 0 Å². The number of imidazole rings is 1. The molecule has 2 rings (SSSR count). The topological polar surface area (TPSA) is 90.0 Å². The molecule has 0 atom stereocenters. The van der Waals surface area contributed by atoms with Gasteiger partial charge in [-0.05, 0) is 24.6 Å². The molecule has 19 heavy (non-hydrogen) atoms. The molecule has 1 aromatic heterocycles. The lowest BCUT2D eigenvalue weighted by Gasteiger charge is -2.07. The average Bonchev–Trinajstić information content (AvgIpc) is 2.88. The molecule has 0 radical (unpaired) electrons. The van der Waals surface area contributed by atoms with Crippen LogP contribution < -0.4 is 10.5 Å². The SMILES string of the molecule is Nc1cccc(S(=O)(=O)NCCCn2ccnc2)c1. The molecule has 1 heterocycles. The minimum Gasteiger partial charge on any atom is -0.399 e. The normalized spacial score (nSPS) is 11.6. The predicted octanol–water partition coefficient (Wildman–Crippen LogP) is 0.834. The third-order valence-corrected chi connectivity index (χ3v) is 4.07. The number of nitrogen functional groups attached to an aromatic ring is 1. The third kappa shape index (κ3) is 3.80. The summed E-state index contributed by atoms with van der Waals surface area (Å²) in [4.78, 5) is 4.11. The lowest BCUT2D eigenvalue weighted by molar-refractivity contribution is 0.570. The van der Waals surface area contributed by atoms with Gasteiger partial charge in [0, 0.05) is 31.2 Å². The largest absolute Gasteiger partial charge is 0.399 e. The Morgan fingerprint density at radius 1 is 1.37 bits per heavy atom. The molecular weight excluding hydrogens is 264 g/mol. The van der Waals surface area contributed by atoms with E-state index in [1.165, 1.54) is 12.1 Å². The molecule has 1 aromatic carbocycles. The first kappa shape index (κ1) is 13.6. The molecule has 0 bridgehead atoms. The zero-order valence-electron chi connectivity index (χ0n) is 10.4. The van der Waals surface area contributed by atoms with Crippen molar-refractivity contribution < 1.29 is 8.42 Å². The highest BCUT2D eigenvalue weighted by molar-refractivity contribution is 7.89. The molecule has 3 N–H and O–H groups in total. The van der Waals surface area contributed by atoms with Crippen LogP contribution >= 0.6 is 0 Å². The number of nitrogens with one attached hydrogen (secondary N) is 1. The van der Waals surface area contributed by atoms with Gasteiger partial charge in [0.1, 0.15) is 0 Å². The Hall–Kier alpha value is -1.86. The molecule has 6 nitrogen and oxygen atoms in total. The molecule has 7 heteroatoms. The highest BCUT2D eigenvalue weighted by Gasteiger charge is 2.12. The van der Waals surface area contributed by atoms with Gasteiger partial charge in [-0.3, -0.25) is 0 Å². The minimum atomic E-state index is -3.48. The van der Waals surface area contributed by atoms with Crippen molar-refractivity contribution in [3.8, 4) is 0 Å². The zero-order chi connectivity index (χ0) is 13.7. The van der Waals surface area contributed by atoms with Crippen LogP contribution in [0.15, 0.2) is 47.9 Å². The standard InChI is InChI=1S/C12H16N4O2S/c13-11-3-1-4-12(9-11)19(17,18)15-5-2-7-16-8-6-14-10-16/h1,3-4,6,8-10,15H,2,5,7,13H2. The maximum absolute atomic E-state index is 12.0. The van der Waals surface area contributed by atoms with Gasteiger partial charge in [-0.1, -0.05) is 6.07 Å². The van der Waals surface area contributed by atoms with Crippen molar-refractivity contribution >= 4 is 15.7 Å². The second-order valence-electron chi connectivity index (χ2n) is 4.12. The van der Waals surface area contributed by atoms with Crippen LogP contribution in [0.5, 0.6) is 0 Å². The Morgan fingerprint density at radius 2 is 2.21 bits per heavy atom. The second-order valence-corrected chi connectivity index (χ2v) is 5.89. The number of hydrogen-bond acceptors (Lipinski definition) is 4. The summed E-state index contributed by atoms with van der Waals surface area (Å²) in [6, 6.07) is 6.24. The van der Waals surface area contributed by atoms with Crippen LogP contribution in [0.2, 0.25) is 0 Å². The van der Waals surface area contributed by atoms with Crippen LogP contribution in [0.25, 0.3) is 0 Å². The van der Waals surface area contributed by atoms with Crippen LogP contribution in [0.1, 0.15) is 6.42 Å².